The molecule has 0 bridgehead atoms. The molecule has 0 aromatic heterocycles. The van der Waals surface area contributed by atoms with E-state index in [1.807, 2.05) is 0 Å². The lowest BCUT2D eigenvalue weighted by Crippen LogP contribution is -2.50. The molecular weight excluding hydrogens is 519 g/mol. The number of hydrogen-bond donors (Lipinski definition) is 1. The summed E-state index contributed by atoms with van der Waals surface area (Å²) in [4.78, 5) is 12.1. The van der Waals surface area contributed by atoms with E-state index in [0.29, 0.717) is 4.31 Å². The number of nitrogens with zero attached hydrogens (tertiary/aromatic N) is 1. The van der Waals surface area contributed by atoms with E-state index in [0.717, 1.165) is 48.5 Å². The highest BCUT2D eigenvalue weighted by molar-refractivity contribution is 7.92. The van der Waals surface area contributed by atoms with E-state index in [1.165, 1.54) is 12.1 Å². The SMILES string of the molecule is O=C(Nc1ccc2c(c1)N(S(=O)(=O)c1ccc(F)cc1)CC(C(F)(F)F)O2)c1c(F)cccc1Cl. The van der Waals surface area contributed by atoms with Gasteiger partial charge in [0.25, 0.3) is 15.9 Å². The summed E-state index contributed by atoms with van der Waals surface area (Å²) in [6.07, 6.45) is -7.38. The predicted octanol–water partition coefficient (Wildman–Crippen LogP) is 5.39. The standard InChI is InChI=1S/C22H14ClF5N2O4S/c23-15-2-1-3-16(25)20(15)21(31)29-13-6-9-18-17(10-13)30(11-19(34-18)22(26,27)28)35(32,33)14-7-4-12(24)5-8-14/h1-10,19H,11H2,(H,29,31). The number of carbonyl (C=O) groups excluding carboxylic acids is 1. The lowest BCUT2D eigenvalue weighted by molar-refractivity contribution is -0.192. The predicted molar refractivity (Wildman–Crippen MR) is 117 cm³/mol. The van der Waals surface area contributed by atoms with Crippen LogP contribution in [0.5, 0.6) is 5.75 Å². The molecule has 1 amide bonds. The van der Waals surface area contributed by atoms with Crippen LogP contribution in [0.1, 0.15) is 10.4 Å². The van der Waals surface area contributed by atoms with Gasteiger partial charge in [0.05, 0.1) is 27.7 Å². The molecule has 0 fully saturated rings. The molecule has 0 saturated heterocycles. The lowest BCUT2D eigenvalue weighted by atomic mass is 10.1. The summed E-state index contributed by atoms with van der Waals surface area (Å²) in [6.45, 7) is -1.13. The molecule has 1 atom stereocenters. The van der Waals surface area contributed by atoms with Gasteiger partial charge >= 0.3 is 6.18 Å². The number of fused-ring (bicyclic) bond motifs is 1. The highest BCUT2D eigenvalue weighted by Gasteiger charge is 2.48. The number of halogens is 6. The van der Waals surface area contributed by atoms with Crippen LogP contribution in [-0.2, 0) is 10.0 Å². The van der Waals surface area contributed by atoms with Crippen LogP contribution in [0.2, 0.25) is 5.02 Å². The van der Waals surface area contributed by atoms with Gasteiger partial charge in [-0.1, -0.05) is 17.7 Å². The number of rotatable bonds is 4. The first kappa shape index (κ1) is 24.7. The molecule has 35 heavy (non-hydrogen) atoms. The second kappa shape index (κ2) is 9.00. The lowest BCUT2D eigenvalue weighted by Gasteiger charge is -2.36. The fourth-order valence-corrected chi connectivity index (χ4v) is 5.09. The van der Waals surface area contributed by atoms with E-state index in [2.05, 4.69) is 5.32 Å². The number of nitrogens with one attached hydrogen (secondary N) is 1. The van der Waals surface area contributed by atoms with Gasteiger partial charge in [-0.3, -0.25) is 9.10 Å². The third-order valence-corrected chi connectivity index (χ3v) is 7.15. The molecule has 1 unspecified atom stereocenters. The van der Waals surface area contributed by atoms with Crippen molar-refractivity contribution in [2.75, 3.05) is 16.2 Å². The van der Waals surface area contributed by atoms with Crippen LogP contribution in [0.15, 0.2) is 65.6 Å². The topological polar surface area (TPSA) is 75.7 Å². The van der Waals surface area contributed by atoms with Gasteiger partial charge in [-0.05, 0) is 54.6 Å². The summed E-state index contributed by atoms with van der Waals surface area (Å²) in [5.74, 6) is -3.04. The Labute approximate surface area is 200 Å². The van der Waals surface area contributed by atoms with Gasteiger partial charge in [0, 0.05) is 5.69 Å². The van der Waals surface area contributed by atoms with Crippen LogP contribution < -0.4 is 14.4 Å². The van der Waals surface area contributed by atoms with Crippen molar-refractivity contribution in [2.45, 2.75) is 17.2 Å². The Bertz CT molecular complexity index is 1380. The maximum absolute atomic E-state index is 14.1. The fourth-order valence-electron chi connectivity index (χ4n) is 3.37. The molecule has 1 N–H and O–H groups in total. The molecule has 4 rings (SSSR count). The minimum absolute atomic E-state index is 0.0681. The molecule has 0 aliphatic carbocycles. The average molecular weight is 533 g/mol. The fraction of sp³-hybridized carbons (Fsp3) is 0.136. The molecule has 1 aliphatic heterocycles. The van der Waals surface area contributed by atoms with E-state index >= 15 is 0 Å². The maximum Gasteiger partial charge on any atom is 0.427 e. The van der Waals surface area contributed by atoms with Gasteiger partial charge in [0.1, 0.15) is 17.4 Å². The van der Waals surface area contributed by atoms with Crippen LogP contribution >= 0.6 is 11.6 Å². The molecular formula is C22H14ClF5N2O4S. The van der Waals surface area contributed by atoms with Gasteiger partial charge in [-0.25, -0.2) is 17.2 Å². The number of anilines is 2. The quantitative estimate of drug-likeness (QED) is 0.457. The average Bonchev–Trinajstić information content (AvgIpc) is 2.78. The van der Waals surface area contributed by atoms with Gasteiger partial charge in [0.15, 0.2) is 0 Å². The maximum atomic E-state index is 14.1. The molecule has 1 aliphatic rings. The molecule has 184 valence electrons. The number of amides is 1. The summed E-state index contributed by atoms with van der Waals surface area (Å²) in [5, 5.41) is 2.16. The smallest absolute Gasteiger partial charge is 0.427 e. The van der Waals surface area contributed by atoms with E-state index in [-0.39, 0.29) is 16.4 Å². The Hall–Kier alpha value is -3.38. The zero-order valence-electron chi connectivity index (χ0n) is 17.3. The first-order valence-corrected chi connectivity index (χ1v) is 11.6. The van der Waals surface area contributed by atoms with E-state index in [1.54, 1.807) is 0 Å². The van der Waals surface area contributed by atoms with E-state index in [4.69, 9.17) is 16.3 Å². The zero-order valence-corrected chi connectivity index (χ0v) is 18.9. The van der Waals surface area contributed by atoms with Crippen LogP contribution in [0.4, 0.5) is 33.3 Å². The van der Waals surface area contributed by atoms with Gasteiger partial charge in [0.2, 0.25) is 6.10 Å². The number of hydrogen-bond acceptors (Lipinski definition) is 4. The number of ether oxygens (including phenoxy) is 1. The first-order chi connectivity index (χ1) is 16.4. The largest absolute Gasteiger partial charge is 0.477 e. The van der Waals surface area contributed by atoms with Crippen LogP contribution in [0, 0.1) is 11.6 Å². The van der Waals surface area contributed by atoms with Crippen molar-refractivity contribution in [3.05, 3.63) is 82.9 Å². The van der Waals surface area contributed by atoms with Gasteiger partial charge in [-0.2, -0.15) is 13.2 Å². The first-order valence-electron chi connectivity index (χ1n) is 9.79. The Morgan fingerprint density at radius 2 is 1.74 bits per heavy atom. The molecule has 3 aromatic rings. The summed E-state index contributed by atoms with van der Waals surface area (Å²) >= 11 is 5.89. The van der Waals surface area contributed by atoms with Crippen molar-refractivity contribution in [1.82, 2.24) is 0 Å². The third-order valence-electron chi connectivity index (χ3n) is 5.04. The number of alkyl halides is 3. The van der Waals surface area contributed by atoms with Crippen LogP contribution in [-0.4, -0.2) is 33.1 Å². The highest BCUT2D eigenvalue weighted by Crippen LogP contribution is 2.42. The summed E-state index contributed by atoms with van der Waals surface area (Å²) in [5.41, 5.74) is -0.857. The Kier molecular flexibility index (Phi) is 6.36. The minimum atomic E-state index is -4.90. The molecule has 0 saturated carbocycles. The molecule has 1 heterocycles. The van der Waals surface area contributed by atoms with Crippen molar-refractivity contribution in [1.29, 1.82) is 0 Å². The van der Waals surface area contributed by atoms with Crippen molar-refractivity contribution >= 4 is 38.9 Å². The van der Waals surface area contributed by atoms with Crippen molar-refractivity contribution in [3.8, 4) is 5.75 Å². The molecule has 0 radical (unpaired) electrons. The number of carbonyl (C=O) groups is 1. The number of sulfonamides is 1. The van der Waals surface area contributed by atoms with Crippen LogP contribution in [0.25, 0.3) is 0 Å². The van der Waals surface area contributed by atoms with E-state index in [9.17, 15) is 35.2 Å². The molecule has 3 aromatic carbocycles. The van der Waals surface area contributed by atoms with Crippen molar-refractivity contribution in [2.24, 2.45) is 0 Å². The minimum Gasteiger partial charge on any atom is -0.477 e. The molecule has 0 spiro atoms. The van der Waals surface area contributed by atoms with Gasteiger partial charge < -0.3 is 10.1 Å². The normalized spacial score (nSPS) is 15.8. The second-order valence-corrected chi connectivity index (χ2v) is 9.64. The third kappa shape index (κ3) is 4.89. The zero-order chi connectivity index (χ0) is 25.5. The monoisotopic (exact) mass is 532 g/mol. The molecule has 13 heteroatoms. The highest BCUT2D eigenvalue weighted by atomic mass is 35.5. The molecule has 6 nitrogen and oxygen atoms in total. The van der Waals surface area contributed by atoms with Crippen molar-refractivity contribution < 1.29 is 39.9 Å². The summed E-state index contributed by atoms with van der Waals surface area (Å²) < 4.78 is 99.6. The Balaban J connectivity index is 1.76. The summed E-state index contributed by atoms with van der Waals surface area (Å²) in [6, 6.07) is 10.4. The number of benzene rings is 3. The Morgan fingerprint density at radius 1 is 1.06 bits per heavy atom. The van der Waals surface area contributed by atoms with Crippen molar-refractivity contribution in [3.63, 3.8) is 0 Å². The van der Waals surface area contributed by atoms with Crippen LogP contribution in [0.3, 0.4) is 0 Å². The summed E-state index contributed by atoms with van der Waals surface area (Å²) in [7, 11) is -4.60. The van der Waals surface area contributed by atoms with E-state index < -0.39 is 62.6 Å². The van der Waals surface area contributed by atoms with Gasteiger partial charge in [-0.15, -0.1) is 0 Å². The second-order valence-electron chi connectivity index (χ2n) is 7.37. The Morgan fingerprint density at radius 3 is 2.37 bits per heavy atom.